The largest absolute Gasteiger partial charge is 0.494 e. The Balaban J connectivity index is 0.000000191. The lowest BCUT2D eigenvalue weighted by Crippen LogP contribution is -2.44. The molecule has 0 atom stereocenters. The molecule has 4 fully saturated rings. The van der Waals surface area contributed by atoms with E-state index >= 15 is 0 Å². The van der Waals surface area contributed by atoms with Gasteiger partial charge in [0.25, 0.3) is 0 Å². The van der Waals surface area contributed by atoms with Gasteiger partial charge in [0.15, 0.2) is 0 Å². The summed E-state index contributed by atoms with van der Waals surface area (Å²) in [6, 6.07) is 17.5. The van der Waals surface area contributed by atoms with Crippen molar-refractivity contribution in [3.63, 3.8) is 0 Å². The third kappa shape index (κ3) is 11.7. The SMILES string of the molecule is CN(C)CC1(c2ccc(OCCCN3CCCC3)cc2)CCOCC1.CNC1(c2ccc(OCCCN3CCCCC3)cc2)CCOCC1. The van der Waals surface area contributed by atoms with E-state index < -0.39 is 0 Å². The number of likely N-dealkylation sites (N-methyl/N-ethyl adjacent to an activating group) is 1. The number of likely N-dealkylation sites (tertiary alicyclic amines) is 2. The van der Waals surface area contributed by atoms with Crippen molar-refractivity contribution >= 4 is 0 Å². The van der Waals surface area contributed by atoms with Gasteiger partial charge in [-0.05, 0) is 147 Å². The molecular formula is C41H66N4O4. The number of rotatable bonds is 15. The van der Waals surface area contributed by atoms with Gasteiger partial charge < -0.3 is 39.0 Å². The van der Waals surface area contributed by atoms with Crippen molar-refractivity contribution in [2.24, 2.45) is 0 Å². The van der Waals surface area contributed by atoms with Crippen LogP contribution in [-0.4, -0.2) is 121 Å². The van der Waals surface area contributed by atoms with Crippen LogP contribution in [0.15, 0.2) is 48.5 Å². The monoisotopic (exact) mass is 679 g/mol. The Hall–Kier alpha value is -2.20. The first-order valence-electron chi connectivity index (χ1n) is 19.4. The quantitative estimate of drug-likeness (QED) is 0.220. The van der Waals surface area contributed by atoms with Gasteiger partial charge >= 0.3 is 0 Å². The summed E-state index contributed by atoms with van der Waals surface area (Å²) in [7, 11) is 6.38. The Labute approximate surface area is 297 Å². The molecule has 0 unspecified atom stereocenters. The minimum absolute atomic E-state index is 0.0606. The molecule has 0 radical (unpaired) electrons. The van der Waals surface area contributed by atoms with E-state index in [1.54, 1.807) is 0 Å². The zero-order valence-corrected chi connectivity index (χ0v) is 31.1. The van der Waals surface area contributed by atoms with E-state index in [4.69, 9.17) is 18.9 Å². The van der Waals surface area contributed by atoms with E-state index in [1.165, 1.54) is 82.5 Å². The van der Waals surface area contributed by atoms with Crippen molar-refractivity contribution in [3.05, 3.63) is 59.7 Å². The molecule has 2 aromatic rings. The van der Waals surface area contributed by atoms with E-state index in [1.807, 2.05) is 0 Å². The number of ether oxygens (including phenoxy) is 4. The van der Waals surface area contributed by atoms with Crippen LogP contribution in [0.25, 0.3) is 0 Å². The molecule has 0 spiro atoms. The molecule has 8 heteroatoms. The molecule has 8 nitrogen and oxygen atoms in total. The Morgan fingerprint density at radius 2 is 1.08 bits per heavy atom. The lowest BCUT2D eigenvalue weighted by atomic mass is 9.74. The molecule has 2 aromatic carbocycles. The number of benzene rings is 2. The Morgan fingerprint density at radius 1 is 0.633 bits per heavy atom. The third-order valence-electron chi connectivity index (χ3n) is 11.2. The van der Waals surface area contributed by atoms with Gasteiger partial charge in [-0.1, -0.05) is 30.7 Å². The normalized spacial score (nSPS) is 21.2. The smallest absolute Gasteiger partial charge is 0.119 e. The number of hydrogen-bond acceptors (Lipinski definition) is 8. The van der Waals surface area contributed by atoms with Crippen LogP contribution < -0.4 is 14.8 Å². The van der Waals surface area contributed by atoms with Crippen LogP contribution in [0.5, 0.6) is 11.5 Å². The van der Waals surface area contributed by atoms with Gasteiger partial charge in [-0.25, -0.2) is 0 Å². The minimum atomic E-state index is 0.0606. The number of nitrogens with zero attached hydrogens (tertiary/aromatic N) is 3. The summed E-state index contributed by atoms with van der Waals surface area (Å²) in [6.07, 6.45) is 13.3. The summed E-state index contributed by atoms with van der Waals surface area (Å²) in [6.45, 7) is 13.5. The second kappa shape index (κ2) is 20.0. The molecule has 0 saturated carbocycles. The van der Waals surface area contributed by atoms with E-state index in [2.05, 4.69) is 89.7 Å². The standard InChI is InChI=1S/C21H34N2O2.C20H32N2O2/c1-22(2)18-21(10-16-24-17-11-21)19-6-8-20(9-7-19)25-15-5-14-23-12-3-4-13-23;1-21-20(10-16-23-17-11-20)18-6-8-19(9-7-18)24-15-5-14-22-12-3-2-4-13-22/h6-9H,3-5,10-18H2,1-2H3;6-9,21H,2-5,10-17H2,1H3. The van der Waals surface area contributed by atoms with Crippen molar-refractivity contribution in [2.75, 3.05) is 107 Å². The highest BCUT2D eigenvalue weighted by Gasteiger charge is 2.35. The van der Waals surface area contributed by atoms with Crippen LogP contribution in [-0.2, 0) is 20.4 Å². The second-order valence-electron chi connectivity index (χ2n) is 15.0. The summed E-state index contributed by atoms with van der Waals surface area (Å²) in [5.74, 6) is 1.98. The highest BCUT2D eigenvalue weighted by Crippen LogP contribution is 2.36. The number of piperidine rings is 1. The molecule has 4 aliphatic rings. The predicted molar refractivity (Wildman–Crippen MR) is 200 cm³/mol. The van der Waals surface area contributed by atoms with Crippen molar-refractivity contribution in [3.8, 4) is 11.5 Å². The van der Waals surface area contributed by atoms with Gasteiger partial charge in [0.2, 0.25) is 0 Å². The van der Waals surface area contributed by atoms with E-state index in [9.17, 15) is 0 Å². The molecule has 0 bridgehead atoms. The van der Waals surface area contributed by atoms with Crippen molar-refractivity contribution in [2.45, 2.75) is 81.6 Å². The minimum Gasteiger partial charge on any atom is -0.494 e. The summed E-state index contributed by atoms with van der Waals surface area (Å²) >= 11 is 0. The van der Waals surface area contributed by atoms with Crippen LogP contribution in [0.3, 0.4) is 0 Å². The Kier molecular flexibility index (Phi) is 15.5. The van der Waals surface area contributed by atoms with Gasteiger partial charge in [0, 0.05) is 57.0 Å². The van der Waals surface area contributed by atoms with Crippen LogP contribution in [0.1, 0.15) is 81.8 Å². The maximum atomic E-state index is 5.96. The molecule has 0 aliphatic carbocycles. The highest BCUT2D eigenvalue weighted by atomic mass is 16.5. The lowest BCUT2D eigenvalue weighted by Gasteiger charge is -2.39. The molecule has 4 aliphatic heterocycles. The van der Waals surface area contributed by atoms with Gasteiger partial charge in [-0.2, -0.15) is 0 Å². The first-order chi connectivity index (χ1) is 24.0. The van der Waals surface area contributed by atoms with E-state index in [0.717, 1.165) is 96.2 Å². The fourth-order valence-corrected chi connectivity index (χ4v) is 8.23. The lowest BCUT2D eigenvalue weighted by molar-refractivity contribution is 0.0398. The Morgan fingerprint density at radius 3 is 1.55 bits per heavy atom. The highest BCUT2D eigenvalue weighted by molar-refractivity contribution is 5.34. The van der Waals surface area contributed by atoms with E-state index in [-0.39, 0.29) is 11.0 Å². The van der Waals surface area contributed by atoms with Gasteiger partial charge in [-0.3, -0.25) is 0 Å². The maximum Gasteiger partial charge on any atom is 0.119 e. The van der Waals surface area contributed by atoms with Crippen LogP contribution in [0.2, 0.25) is 0 Å². The summed E-state index contributed by atoms with van der Waals surface area (Å²) in [5.41, 5.74) is 3.05. The van der Waals surface area contributed by atoms with Crippen LogP contribution in [0, 0.1) is 0 Å². The zero-order valence-electron chi connectivity index (χ0n) is 31.1. The Bertz CT molecular complexity index is 1170. The zero-order chi connectivity index (χ0) is 34.2. The van der Waals surface area contributed by atoms with Crippen molar-refractivity contribution in [1.82, 2.24) is 20.0 Å². The van der Waals surface area contributed by atoms with Gasteiger partial charge in [0.1, 0.15) is 11.5 Å². The molecule has 49 heavy (non-hydrogen) atoms. The molecular weight excluding hydrogens is 612 g/mol. The molecule has 0 aromatic heterocycles. The first kappa shape index (κ1) is 38.0. The first-order valence-corrected chi connectivity index (χ1v) is 19.4. The number of hydrogen-bond donors (Lipinski definition) is 1. The summed E-state index contributed by atoms with van der Waals surface area (Å²) < 4.78 is 23.0. The molecule has 274 valence electrons. The van der Waals surface area contributed by atoms with E-state index in [0.29, 0.717) is 0 Å². The van der Waals surface area contributed by atoms with Crippen molar-refractivity contribution in [1.29, 1.82) is 0 Å². The average molecular weight is 679 g/mol. The van der Waals surface area contributed by atoms with Gasteiger partial charge in [-0.15, -0.1) is 0 Å². The number of nitrogens with one attached hydrogen (secondary N) is 1. The predicted octanol–water partition coefficient (Wildman–Crippen LogP) is 6.33. The topological polar surface area (TPSA) is 58.7 Å². The molecule has 4 saturated heterocycles. The fraction of sp³-hybridized carbons (Fsp3) is 0.707. The molecule has 6 rings (SSSR count). The molecule has 0 amide bonds. The van der Waals surface area contributed by atoms with Crippen LogP contribution >= 0.6 is 0 Å². The van der Waals surface area contributed by atoms with Gasteiger partial charge in [0.05, 0.1) is 13.2 Å². The summed E-state index contributed by atoms with van der Waals surface area (Å²) in [4.78, 5) is 7.41. The second-order valence-corrected chi connectivity index (χ2v) is 15.0. The molecule has 4 heterocycles. The third-order valence-corrected chi connectivity index (χ3v) is 11.2. The maximum absolute atomic E-state index is 5.96. The fourth-order valence-electron chi connectivity index (χ4n) is 8.23. The summed E-state index contributed by atoms with van der Waals surface area (Å²) in [5, 5.41) is 3.52. The van der Waals surface area contributed by atoms with Crippen molar-refractivity contribution < 1.29 is 18.9 Å². The van der Waals surface area contributed by atoms with Crippen LogP contribution in [0.4, 0.5) is 0 Å². The molecule has 1 N–H and O–H groups in total. The average Bonchev–Trinajstić information content (AvgIpc) is 3.67.